The summed E-state index contributed by atoms with van der Waals surface area (Å²) in [7, 11) is -2.56. The molecule has 0 N–H and O–H groups in total. The summed E-state index contributed by atoms with van der Waals surface area (Å²) in [5.74, 6) is 1.45. The summed E-state index contributed by atoms with van der Waals surface area (Å²) in [6.07, 6.45) is 7.63. The smallest absolute Gasteiger partial charge is 0.464 e. The van der Waals surface area contributed by atoms with Crippen LogP contribution >= 0.6 is 11.6 Å². The van der Waals surface area contributed by atoms with Gasteiger partial charge in [0.2, 0.25) is 5.28 Å². The SMILES string of the molecule is COC(=O)c1cc(-c2nc(N=S(C)(C)=O)cc(N3CCOC[C@H]3C)n2)cc(CC(C)(C)C)n1.COC(=O)c1cc(B2OC(C)(C)C(C)(C)O2)cc(CC(C)(C)C)n1.C[C@@H]1COCCN1c1cc(N=S(C)(C)=O)nc(Cl)n1. The molecule has 0 unspecified atom stereocenters. The van der Waals surface area contributed by atoms with Crippen LogP contribution in [0.5, 0.6) is 0 Å². The average Bonchev–Trinajstić information content (AvgIpc) is 3.51. The highest BCUT2D eigenvalue weighted by Gasteiger charge is 2.52. The Labute approximate surface area is 456 Å². The number of pyridine rings is 2. The van der Waals surface area contributed by atoms with E-state index in [0.29, 0.717) is 74.1 Å². The number of aromatic nitrogens is 6. The molecule has 3 aliphatic heterocycles. The van der Waals surface area contributed by atoms with Crippen LogP contribution in [0.4, 0.5) is 23.3 Å². The van der Waals surface area contributed by atoms with E-state index >= 15 is 0 Å². The molecule has 4 aromatic heterocycles. The number of carbonyl (C=O) groups is 2. The lowest BCUT2D eigenvalue weighted by Gasteiger charge is -2.34. The van der Waals surface area contributed by atoms with E-state index in [1.54, 1.807) is 49.3 Å². The first-order valence-corrected chi connectivity index (χ1v) is 30.1. The molecule has 0 amide bonds. The Morgan fingerprint density at radius 1 is 0.671 bits per heavy atom. The van der Waals surface area contributed by atoms with Crippen molar-refractivity contribution in [2.45, 2.75) is 119 Å². The van der Waals surface area contributed by atoms with Crippen LogP contribution in [0.25, 0.3) is 11.4 Å². The zero-order valence-corrected chi connectivity index (χ0v) is 50.0. The summed E-state index contributed by atoms with van der Waals surface area (Å²) < 4.78 is 65.4. The molecule has 0 aromatic carbocycles. The third-order valence-corrected chi connectivity index (χ3v) is 13.5. The van der Waals surface area contributed by atoms with Crippen LogP contribution in [0.15, 0.2) is 45.1 Å². The zero-order chi connectivity index (χ0) is 56.8. The minimum absolute atomic E-state index is 0.0403. The maximum absolute atomic E-state index is 12.4. The topological polar surface area (TPSA) is 232 Å². The molecule has 0 bridgehead atoms. The van der Waals surface area contributed by atoms with Gasteiger partial charge in [-0.25, -0.2) is 42.9 Å². The molecule has 3 fully saturated rings. The van der Waals surface area contributed by atoms with Crippen LogP contribution in [0, 0.1) is 10.8 Å². The first-order chi connectivity index (χ1) is 35.0. The fraction of sp³-hybridized carbons (Fsp3) is 0.615. The van der Waals surface area contributed by atoms with Crippen molar-refractivity contribution in [3.63, 3.8) is 0 Å². The third kappa shape index (κ3) is 18.4. The minimum Gasteiger partial charge on any atom is -0.464 e. The zero-order valence-electron chi connectivity index (χ0n) is 47.6. The lowest BCUT2D eigenvalue weighted by Crippen LogP contribution is -2.44. The standard InChI is InChI=1S/C23H33N5O4S.C18H28BNO4.C11H17ClN4O2S/c1-15-14-32-9-8-28(15)20-12-19(27-33(6,7)30)25-21(26-20)16-10-17(13-23(2,3)4)24-18(11-16)22(29)31-5;1-16(2,3)11-13-9-12(10-14(20-13)15(21)22-8)19-23-17(4,5)18(6,7)24-19;1-8-7-18-5-4-16(8)10-6-9(13-11(12)14-10)15-19(2,3)17/h10-12,15H,8-9,13-14H2,1-7H3;9-10H,11H2,1-8H3;6,8H,4-5,7H2,1-3H3/t15-;;8-/m1.1/s1. The summed E-state index contributed by atoms with van der Waals surface area (Å²) in [6, 6.07) is 10.9. The fourth-order valence-electron chi connectivity index (χ4n) is 8.05. The number of nitrogens with zero attached hydrogens (tertiary/aromatic N) is 10. The molecule has 418 valence electrons. The molecule has 20 nitrogen and oxygen atoms in total. The molecule has 3 aliphatic rings. The number of ether oxygens (including phenoxy) is 4. The van der Waals surface area contributed by atoms with Crippen LogP contribution in [0.1, 0.15) is 115 Å². The lowest BCUT2D eigenvalue weighted by molar-refractivity contribution is 0.00578. The van der Waals surface area contributed by atoms with Gasteiger partial charge in [0, 0.05) is 86.7 Å². The Balaban J connectivity index is 0.000000219. The summed E-state index contributed by atoms with van der Waals surface area (Å²) in [4.78, 5) is 55.0. The summed E-state index contributed by atoms with van der Waals surface area (Å²) in [5.41, 5.74) is 2.60. The number of halogens is 1. The Morgan fingerprint density at radius 3 is 1.54 bits per heavy atom. The van der Waals surface area contributed by atoms with Crippen LogP contribution in [-0.4, -0.2) is 159 Å². The largest absolute Gasteiger partial charge is 0.494 e. The van der Waals surface area contributed by atoms with Gasteiger partial charge in [-0.15, -0.1) is 0 Å². The van der Waals surface area contributed by atoms with Gasteiger partial charge in [0.25, 0.3) is 0 Å². The Hall–Kier alpha value is -4.91. The van der Waals surface area contributed by atoms with Crippen molar-refractivity contribution in [1.29, 1.82) is 0 Å². The Morgan fingerprint density at radius 2 is 1.11 bits per heavy atom. The normalized spacial score (nSPS) is 18.6. The molecular formula is C52H78BClN10O10S2. The monoisotopic (exact) mass is 1110 g/mol. The molecule has 7 rings (SSSR count). The number of anilines is 2. The second kappa shape index (κ2) is 24.8. The maximum atomic E-state index is 12.4. The average molecular weight is 1110 g/mol. The van der Waals surface area contributed by atoms with E-state index < -0.39 is 49.7 Å². The molecule has 4 aromatic rings. The van der Waals surface area contributed by atoms with E-state index in [2.05, 4.69) is 98.8 Å². The first-order valence-electron chi connectivity index (χ1n) is 25.1. The highest BCUT2D eigenvalue weighted by atomic mass is 35.5. The number of morpholine rings is 2. The number of hydrogen-bond donors (Lipinski definition) is 0. The highest BCUT2D eigenvalue weighted by Crippen LogP contribution is 2.37. The van der Waals surface area contributed by atoms with Gasteiger partial charge >= 0.3 is 19.1 Å². The van der Waals surface area contributed by atoms with E-state index in [1.807, 2.05) is 39.8 Å². The van der Waals surface area contributed by atoms with Crippen molar-refractivity contribution >= 4 is 78.9 Å². The number of hydrogen-bond acceptors (Lipinski definition) is 20. The molecule has 2 atom stereocenters. The molecule has 76 heavy (non-hydrogen) atoms. The molecule has 24 heteroatoms. The van der Waals surface area contributed by atoms with Crippen molar-refractivity contribution in [2.24, 2.45) is 19.6 Å². The van der Waals surface area contributed by atoms with Crippen LogP contribution in [0.3, 0.4) is 0 Å². The summed E-state index contributed by atoms with van der Waals surface area (Å²) in [6.45, 7) is 28.7. The highest BCUT2D eigenvalue weighted by molar-refractivity contribution is 7.92. The predicted molar refractivity (Wildman–Crippen MR) is 301 cm³/mol. The second-order valence-corrected chi connectivity index (χ2v) is 28.5. The molecule has 3 saturated heterocycles. The number of methoxy groups -OCH3 is 2. The number of carbonyl (C=O) groups excluding carboxylic acids is 2. The van der Waals surface area contributed by atoms with E-state index in [-0.39, 0.29) is 39.6 Å². The second-order valence-electron chi connectivity index (χ2n) is 23.1. The van der Waals surface area contributed by atoms with Gasteiger partial charge in [0.15, 0.2) is 17.5 Å². The lowest BCUT2D eigenvalue weighted by atomic mass is 9.78. The summed E-state index contributed by atoms with van der Waals surface area (Å²) >= 11 is 5.91. The van der Waals surface area contributed by atoms with Gasteiger partial charge in [0.05, 0.1) is 63.9 Å². The van der Waals surface area contributed by atoms with Gasteiger partial charge in [-0.1, -0.05) is 41.5 Å². The predicted octanol–water partition coefficient (Wildman–Crippen LogP) is 7.97. The van der Waals surface area contributed by atoms with Crippen LogP contribution in [-0.2, 0) is 60.6 Å². The van der Waals surface area contributed by atoms with Crippen LogP contribution in [0.2, 0.25) is 5.28 Å². The summed E-state index contributed by atoms with van der Waals surface area (Å²) in [5, 5.41) is 0.110. The van der Waals surface area contributed by atoms with Crippen LogP contribution < -0.4 is 15.3 Å². The van der Waals surface area contributed by atoms with E-state index in [9.17, 15) is 18.0 Å². The van der Waals surface area contributed by atoms with Gasteiger partial charge in [-0.2, -0.15) is 13.7 Å². The van der Waals surface area contributed by atoms with E-state index in [4.69, 9.17) is 44.8 Å². The van der Waals surface area contributed by atoms with Gasteiger partial charge in [-0.05, 0) is 107 Å². The molecule has 7 heterocycles. The first kappa shape index (κ1) is 61.9. The van der Waals surface area contributed by atoms with Crippen molar-refractivity contribution in [2.75, 3.05) is 88.6 Å². The molecule has 0 spiro atoms. The molecular weight excluding hydrogens is 1040 g/mol. The number of rotatable bonds is 10. The van der Waals surface area contributed by atoms with Crippen molar-refractivity contribution in [1.82, 2.24) is 29.9 Å². The third-order valence-electron chi connectivity index (χ3n) is 12.1. The number of esters is 2. The molecule has 0 aliphatic carbocycles. The van der Waals surface area contributed by atoms with Gasteiger partial charge in [0.1, 0.15) is 23.0 Å². The molecule has 0 radical (unpaired) electrons. The Kier molecular flexibility index (Phi) is 20.2. The quantitative estimate of drug-likeness (QED) is 0.0832. The van der Waals surface area contributed by atoms with Crippen molar-refractivity contribution in [3.05, 3.63) is 64.5 Å². The van der Waals surface area contributed by atoms with Gasteiger partial charge in [-0.3, -0.25) is 0 Å². The maximum Gasteiger partial charge on any atom is 0.494 e. The molecule has 0 saturated carbocycles. The Bertz CT molecular complexity index is 2960. The van der Waals surface area contributed by atoms with E-state index in [1.165, 1.54) is 14.2 Å². The van der Waals surface area contributed by atoms with Crippen molar-refractivity contribution in [3.8, 4) is 11.4 Å². The fourth-order valence-corrected chi connectivity index (χ4v) is 9.31. The van der Waals surface area contributed by atoms with E-state index in [0.717, 1.165) is 29.8 Å². The van der Waals surface area contributed by atoms with Gasteiger partial charge < -0.3 is 38.1 Å². The minimum atomic E-state index is -2.44. The van der Waals surface area contributed by atoms with Crippen molar-refractivity contribution < 1.29 is 46.3 Å².